The fraction of sp³-hybridized carbons (Fsp3) is 0.846. The van der Waals surface area contributed by atoms with Gasteiger partial charge in [-0.25, -0.2) is 0 Å². The van der Waals surface area contributed by atoms with Gasteiger partial charge in [-0.15, -0.1) is 0 Å². The highest BCUT2D eigenvalue weighted by molar-refractivity contribution is 5.78. The maximum absolute atomic E-state index is 11.4. The van der Waals surface area contributed by atoms with Crippen molar-refractivity contribution in [2.45, 2.75) is 52.4 Å². The molecule has 1 aliphatic rings. The van der Waals surface area contributed by atoms with Gasteiger partial charge in [-0.1, -0.05) is 33.1 Å². The van der Waals surface area contributed by atoms with Gasteiger partial charge in [0.25, 0.3) is 0 Å². The minimum absolute atomic E-state index is 0.211. The molecule has 0 spiro atoms. The zero-order valence-electron chi connectivity index (χ0n) is 10.6. The van der Waals surface area contributed by atoms with Crippen molar-refractivity contribution in [3.05, 3.63) is 0 Å². The molecule has 1 fully saturated rings. The van der Waals surface area contributed by atoms with E-state index in [0.717, 1.165) is 32.1 Å². The van der Waals surface area contributed by atoms with Gasteiger partial charge < -0.3 is 10.2 Å². The Morgan fingerprint density at radius 1 is 1.12 bits per heavy atom. The van der Waals surface area contributed by atoms with Crippen LogP contribution in [0.4, 0.5) is 0 Å². The first kappa shape index (κ1) is 14.0. The molecule has 0 aromatic carbocycles. The van der Waals surface area contributed by atoms with E-state index in [9.17, 15) is 14.7 Å². The van der Waals surface area contributed by atoms with E-state index in [1.54, 1.807) is 0 Å². The fourth-order valence-corrected chi connectivity index (χ4v) is 3.25. The Hall–Kier alpha value is -1.06. The van der Waals surface area contributed by atoms with Crippen LogP contribution in [0.15, 0.2) is 0 Å². The predicted octanol–water partition coefficient (Wildman–Crippen LogP) is 2.77. The molecule has 0 bridgehead atoms. The van der Waals surface area contributed by atoms with Crippen molar-refractivity contribution < 1.29 is 19.8 Å². The first-order valence-electron chi connectivity index (χ1n) is 6.35. The molecule has 1 atom stereocenters. The topological polar surface area (TPSA) is 74.6 Å². The van der Waals surface area contributed by atoms with Crippen molar-refractivity contribution >= 4 is 11.9 Å². The van der Waals surface area contributed by atoms with Crippen LogP contribution < -0.4 is 0 Å². The second-order valence-corrected chi connectivity index (χ2v) is 5.44. The van der Waals surface area contributed by atoms with Crippen molar-refractivity contribution in [1.29, 1.82) is 0 Å². The van der Waals surface area contributed by atoms with Crippen LogP contribution in [0.3, 0.4) is 0 Å². The summed E-state index contributed by atoms with van der Waals surface area (Å²) in [4.78, 5) is 22.2. The maximum atomic E-state index is 11.4. The Morgan fingerprint density at radius 3 is 2.00 bits per heavy atom. The Morgan fingerprint density at radius 2 is 1.65 bits per heavy atom. The number of aliphatic carboxylic acids is 2. The molecule has 4 heteroatoms. The van der Waals surface area contributed by atoms with Crippen LogP contribution in [-0.4, -0.2) is 22.2 Å². The maximum Gasteiger partial charge on any atom is 0.307 e. The van der Waals surface area contributed by atoms with E-state index < -0.39 is 17.9 Å². The summed E-state index contributed by atoms with van der Waals surface area (Å²) in [6.45, 7) is 4.03. The zero-order valence-corrected chi connectivity index (χ0v) is 10.6. The van der Waals surface area contributed by atoms with E-state index in [1.807, 2.05) is 13.8 Å². The largest absolute Gasteiger partial charge is 0.481 e. The second-order valence-electron chi connectivity index (χ2n) is 5.44. The van der Waals surface area contributed by atoms with Crippen molar-refractivity contribution in [3.8, 4) is 0 Å². The van der Waals surface area contributed by atoms with Crippen LogP contribution in [0.25, 0.3) is 0 Å². The van der Waals surface area contributed by atoms with Crippen LogP contribution in [-0.2, 0) is 9.59 Å². The third kappa shape index (κ3) is 2.99. The summed E-state index contributed by atoms with van der Waals surface area (Å²) < 4.78 is 0. The van der Waals surface area contributed by atoms with Gasteiger partial charge in [0.05, 0.1) is 12.3 Å². The predicted molar refractivity (Wildman–Crippen MR) is 63.7 cm³/mol. The van der Waals surface area contributed by atoms with Crippen LogP contribution in [0, 0.1) is 17.3 Å². The lowest BCUT2D eigenvalue weighted by molar-refractivity contribution is -0.156. The molecule has 0 heterocycles. The average molecular weight is 242 g/mol. The number of carbonyl (C=O) groups is 2. The number of carboxylic acids is 2. The zero-order chi connectivity index (χ0) is 13.1. The lowest BCUT2D eigenvalue weighted by atomic mass is 9.59. The summed E-state index contributed by atoms with van der Waals surface area (Å²) in [6, 6.07) is 0. The lowest BCUT2D eigenvalue weighted by Gasteiger charge is -2.44. The third-order valence-electron chi connectivity index (χ3n) is 4.31. The molecule has 1 rings (SSSR count). The van der Waals surface area contributed by atoms with Crippen molar-refractivity contribution in [1.82, 2.24) is 0 Å². The molecule has 1 saturated carbocycles. The lowest BCUT2D eigenvalue weighted by Crippen LogP contribution is -2.42. The molecule has 2 N–H and O–H groups in total. The van der Waals surface area contributed by atoms with Crippen LogP contribution in [0.1, 0.15) is 52.4 Å². The van der Waals surface area contributed by atoms with E-state index in [0.29, 0.717) is 0 Å². The second kappa shape index (κ2) is 5.52. The van der Waals surface area contributed by atoms with E-state index in [-0.39, 0.29) is 17.8 Å². The van der Waals surface area contributed by atoms with Gasteiger partial charge >= 0.3 is 11.9 Å². The van der Waals surface area contributed by atoms with E-state index in [1.165, 1.54) is 0 Å². The highest BCUT2D eigenvalue weighted by atomic mass is 16.4. The summed E-state index contributed by atoms with van der Waals surface area (Å²) in [5, 5.41) is 18.2. The summed E-state index contributed by atoms with van der Waals surface area (Å²) in [5.41, 5.74) is -0.331. The number of hydrogen-bond acceptors (Lipinski definition) is 2. The Labute approximate surface area is 102 Å². The molecule has 0 saturated heterocycles. The van der Waals surface area contributed by atoms with Gasteiger partial charge in [-0.05, 0) is 24.2 Å². The first-order chi connectivity index (χ1) is 7.90. The monoisotopic (exact) mass is 242 g/mol. The Bertz CT molecular complexity index is 290. The van der Waals surface area contributed by atoms with Gasteiger partial charge in [0.1, 0.15) is 0 Å². The van der Waals surface area contributed by atoms with E-state index in [2.05, 4.69) is 0 Å². The van der Waals surface area contributed by atoms with Crippen LogP contribution in [0.5, 0.6) is 0 Å². The summed E-state index contributed by atoms with van der Waals surface area (Å²) in [6.07, 6.45) is 4.59. The molecule has 0 aliphatic heterocycles. The van der Waals surface area contributed by atoms with Gasteiger partial charge in [0, 0.05) is 0 Å². The third-order valence-corrected chi connectivity index (χ3v) is 4.31. The van der Waals surface area contributed by atoms with E-state index in [4.69, 9.17) is 5.11 Å². The molecule has 1 aliphatic carbocycles. The highest BCUT2D eigenvalue weighted by Crippen LogP contribution is 2.49. The molecule has 0 aromatic rings. The van der Waals surface area contributed by atoms with Gasteiger partial charge in [0.2, 0.25) is 0 Å². The molecule has 17 heavy (non-hydrogen) atoms. The molecule has 0 amide bonds. The molecule has 98 valence electrons. The minimum Gasteiger partial charge on any atom is -0.481 e. The molecule has 0 radical (unpaired) electrons. The van der Waals surface area contributed by atoms with Gasteiger partial charge in [0.15, 0.2) is 0 Å². The molecule has 1 unspecified atom stereocenters. The average Bonchev–Trinajstić information content (AvgIpc) is 2.26. The summed E-state index contributed by atoms with van der Waals surface area (Å²) in [5.74, 6) is -2.51. The summed E-state index contributed by atoms with van der Waals surface area (Å²) >= 11 is 0. The number of hydrogen-bond donors (Lipinski definition) is 2. The Balaban J connectivity index is 2.99. The van der Waals surface area contributed by atoms with Crippen molar-refractivity contribution in [2.75, 3.05) is 0 Å². The van der Waals surface area contributed by atoms with Crippen LogP contribution >= 0.6 is 0 Å². The number of rotatable bonds is 5. The number of carboxylic acid groups (broad SMARTS) is 2. The molecule has 4 nitrogen and oxygen atoms in total. The molecule has 0 aromatic heterocycles. The molecular formula is C13H22O4. The Kier molecular flexibility index (Phi) is 4.54. The van der Waals surface area contributed by atoms with Crippen LogP contribution in [0.2, 0.25) is 0 Å². The van der Waals surface area contributed by atoms with Gasteiger partial charge in [-0.3, -0.25) is 9.59 Å². The standard InChI is InChI=1S/C13H22O4/c1-9(2)13(6-4-3-5-7-13)10(12(16)17)8-11(14)15/h9-10H,3-8H2,1-2H3,(H,14,15)(H,16,17). The van der Waals surface area contributed by atoms with Gasteiger partial charge in [-0.2, -0.15) is 0 Å². The SMILES string of the molecule is CC(C)C1(C(CC(=O)O)C(=O)O)CCCCC1. The molecular weight excluding hydrogens is 220 g/mol. The fourth-order valence-electron chi connectivity index (χ4n) is 3.25. The minimum atomic E-state index is -1.01. The smallest absolute Gasteiger partial charge is 0.307 e. The summed E-state index contributed by atoms with van der Waals surface area (Å²) in [7, 11) is 0. The van der Waals surface area contributed by atoms with Crippen molar-refractivity contribution in [3.63, 3.8) is 0 Å². The first-order valence-corrected chi connectivity index (χ1v) is 6.35. The normalized spacial score (nSPS) is 21.1. The quantitative estimate of drug-likeness (QED) is 0.777. The van der Waals surface area contributed by atoms with Crippen molar-refractivity contribution in [2.24, 2.45) is 17.3 Å². The van der Waals surface area contributed by atoms with E-state index >= 15 is 0 Å². The highest BCUT2D eigenvalue weighted by Gasteiger charge is 2.46.